The van der Waals surface area contributed by atoms with E-state index >= 15 is 0 Å². The Hall–Kier alpha value is -4.22. The molecule has 208 valence electrons. The van der Waals surface area contributed by atoms with Crippen LogP contribution in [0.3, 0.4) is 0 Å². The van der Waals surface area contributed by atoms with Crippen molar-refractivity contribution in [3.8, 4) is 11.5 Å². The van der Waals surface area contributed by atoms with E-state index in [1.807, 2.05) is 0 Å². The third-order valence-electron chi connectivity index (χ3n) is 5.72. The number of carbonyl (C=O) groups excluding carboxylic acids is 2. The average Bonchev–Trinajstić information content (AvgIpc) is 3.39. The van der Waals surface area contributed by atoms with Crippen LogP contribution < -0.4 is 9.47 Å². The molecule has 0 amide bonds. The van der Waals surface area contributed by atoms with Gasteiger partial charge in [-0.2, -0.15) is 0 Å². The van der Waals surface area contributed by atoms with Crippen LogP contribution in [0.1, 0.15) is 54.3 Å². The molecule has 1 aliphatic rings. The predicted molar refractivity (Wildman–Crippen MR) is 135 cm³/mol. The van der Waals surface area contributed by atoms with Crippen LogP contribution in [0.5, 0.6) is 11.5 Å². The van der Waals surface area contributed by atoms with Crippen molar-refractivity contribution in [1.29, 1.82) is 0 Å². The van der Waals surface area contributed by atoms with Gasteiger partial charge >= 0.3 is 23.9 Å². The summed E-state index contributed by atoms with van der Waals surface area (Å²) in [6.45, 7) is 4.28. The Balaban J connectivity index is 1.38. The van der Waals surface area contributed by atoms with Crippen LogP contribution in [0.15, 0.2) is 61.2 Å². The number of benzene rings is 2. The molecule has 1 aliphatic heterocycles. The number of aliphatic carboxylic acids is 2. The first-order valence-electron chi connectivity index (χ1n) is 12.4. The Bertz CT molecular complexity index is 1120. The molecule has 3 rings (SSSR count). The SMILES string of the molecule is C=CC(=O)OCCCCCCCOc1ccc(C(=O)Oc2ccc(C3OC(C(=O)O)C(C(=O)O)O3)cc2)cc1. The van der Waals surface area contributed by atoms with Crippen molar-refractivity contribution in [1.82, 2.24) is 0 Å². The fraction of sp³-hybridized carbons (Fsp3) is 0.357. The highest BCUT2D eigenvalue weighted by molar-refractivity contribution is 5.91. The van der Waals surface area contributed by atoms with E-state index in [-0.39, 0.29) is 5.75 Å². The summed E-state index contributed by atoms with van der Waals surface area (Å²) in [5.74, 6) is -3.01. The summed E-state index contributed by atoms with van der Waals surface area (Å²) < 4.78 is 26.4. The molecule has 1 heterocycles. The van der Waals surface area contributed by atoms with Gasteiger partial charge in [-0.15, -0.1) is 0 Å². The third kappa shape index (κ3) is 8.94. The molecule has 0 saturated carbocycles. The van der Waals surface area contributed by atoms with Crippen LogP contribution in [-0.2, 0) is 28.6 Å². The molecule has 2 atom stereocenters. The minimum atomic E-state index is -1.64. The Morgan fingerprint density at radius 2 is 1.31 bits per heavy atom. The first kappa shape index (κ1) is 29.3. The molecule has 0 bridgehead atoms. The molecule has 11 nitrogen and oxygen atoms in total. The molecule has 39 heavy (non-hydrogen) atoms. The van der Waals surface area contributed by atoms with Crippen molar-refractivity contribution in [2.45, 2.75) is 50.6 Å². The molecule has 2 unspecified atom stereocenters. The minimum Gasteiger partial charge on any atom is -0.494 e. The van der Waals surface area contributed by atoms with E-state index in [2.05, 4.69) is 6.58 Å². The molecule has 2 aromatic carbocycles. The highest BCUT2D eigenvalue weighted by atomic mass is 16.7. The molecule has 2 N–H and O–H groups in total. The van der Waals surface area contributed by atoms with Gasteiger partial charge in [0.05, 0.1) is 18.8 Å². The zero-order valence-corrected chi connectivity index (χ0v) is 21.2. The molecule has 0 radical (unpaired) electrons. The van der Waals surface area contributed by atoms with E-state index in [4.69, 9.17) is 33.9 Å². The Morgan fingerprint density at radius 3 is 1.87 bits per heavy atom. The second-order valence-electron chi connectivity index (χ2n) is 8.59. The lowest BCUT2D eigenvalue weighted by molar-refractivity contribution is -0.156. The second-order valence-corrected chi connectivity index (χ2v) is 8.59. The van der Waals surface area contributed by atoms with Gasteiger partial charge in [-0.05, 0) is 49.2 Å². The molecule has 1 saturated heterocycles. The van der Waals surface area contributed by atoms with E-state index in [1.165, 1.54) is 24.3 Å². The Morgan fingerprint density at radius 1 is 0.769 bits per heavy atom. The molecule has 0 aliphatic carbocycles. The summed E-state index contributed by atoms with van der Waals surface area (Å²) in [7, 11) is 0. The Kier molecular flexibility index (Phi) is 11.0. The van der Waals surface area contributed by atoms with Crippen LogP contribution >= 0.6 is 0 Å². The molecule has 0 aromatic heterocycles. The Labute approximate surface area is 224 Å². The van der Waals surface area contributed by atoms with Crippen LogP contribution in [0.4, 0.5) is 0 Å². The van der Waals surface area contributed by atoms with Crippen LogP contribution in [-0.4, -0.2) is 59.5 Å². The van der Waals surface area contributed by atoms with Crippen LogP contribution in [0, 0.1) is 0 Å². The van der Waals surface area contributed by atoms with Gasteiger partial charge in [-0.1, -0.05) is 38.0 Å². The molecular formula is C28H30O11. The van der Waals surface area contributed by atoms with Gasteiger partial charge < -0.3 is 33.9 Å². The van der Waals surface area contributed by atoms with Gasteiger partial charge in [0.2, 0.25) is 0 Å². The summed E-state index contributed by atoms with van der Waals surface area (Å²) >= 11 is 0. The lowest BCUT2D eigenvalue weighted by Gasteiger charge is -2.11. The van der Waals surface area contributed by atoms with Crippen LogP contribution in [0.25, 0.3) is 0 Å². The quantitative estimate of drug-likeness (QED) is 0.146. The topological polar surface area (TPSA) is 155 Å². The average molecular weight is 543 g/mol. The normalized spacial score (nSPS) is 18.2. The van der Waals surface area contributed by atoms with Crippen molar-refractivity contribution in [3.63, 3.8) is 0 Å². The molecular weight excluding hydrogens is 512 g/mol. The summed E-state index contributed by atoms with van der Waals surface area (Å²) in [5, 5.41) is 18.3. The van der Waals surface area contributed by atoms with Gasteiger partial charge in [-0.25, -0.2) is 19.2 Å². The van der Waals surface area contributed by atoms with E-state index in [0.717, 1.165) is 38.2 Å². The first-order valence-corrected chi connectivity index (χ1v) is 12.4. The van der Waals surface area contributed by atoms with E-state index in [1.54, 1.807) is 24.3 Å². The van der Waals surface area contributed by atoms with E-state index in [9.17, 15) is 19.2 Å². The summed E-state index contributed by atoms with van der Waals surface area (Å²) in [6, 6.07) is 12.5. The van der Waals surface area contributed by atoms with Gasteiger partial charge in [0.1, 0.15) is 11.5 Å². The number of rotatable bonds is 15. The molecule has 11 heteroatoms. The van der Waals surface area contributed by atoms with Crippen molar-refractivity contribution in [3.05, 3.63) is 72.3 Å². The minimum absolute atomic E-state index is 0.227. The number of carbonyl (C=O) groups is 4. The third-order valence-corrected chi connectivity index (χ3v) is 5.72. The van der Waals surface area contributed by atoms with Crippen LogP contribution in [0.2, 0.25) is 0 Å². The predicted octanol–water partition coefficient (Wildman–Crippen LogP) is 3.92. The fourth-order valence-electron chi connectivity index (χ4n) is 3.68. The van der Waals surface area contributed by atoms with Crippen molar-refractivity contribution in [2.75, 3.05) is 13.2 Å². The summed E-state index contributed by atoms with van der Waals surface area (Å²) in [6.07, 6.45) is 1.33. The van der Waals surface area contributed by atoms with E-state index in [0.29, 0.717) is 30.1 Å². The number of ether oxygens (including phenoxy) is 5. The largest absolute Gasteiger partial charge is 0.494 e. The van der Waals surface area contributed by atoms with Gasteiger partial charge in [0, 0.05) is 11.6 Å². The maximum absolute atomic E-state index is 12.5. The number of unbranched alkanes of at least 4 members (excludes halogenated alkanes) is 4. The van der Waals surface area contributed by atoms with Crippen molar-refractivity contribution in [2.24, 2.45) is 0 Å². The standard InChI is InChI=1S/C28H30O11/c1-2-22(29)36-17-7-5-3-4-6-16-35-20-12-8-18(9-13-20)27(34)37-21-14-10-19(11-15-21)28-38-23(25(30)31)24(39-28)26(32)33/h2,8-15,23-24,28H,1,3-7,16-17H2,(H,30,31)(H,32,33). The zero-order chi connectivity index (χ0) is 28.2. The molecule has 0 spiro atoms. The number of hydrogen-bond acceptors (Lipinski definition) is 9. The molecule has 2 aromatic rings. The highest BCUT2D eigenvalue weighted by Gasteiger charge is 2.46. The van der Waals surface area contributed by atoms with Gasteiger partial charge in [-0.3, -0.25) is 0 Å². The lowest BCUT2D eigenvalue weighted by atomic mass is 10.1. The zero-order valence-electron chi connectivity index (χ0n) is 21.2. The van der Waals surface area contributed by atoms with Gasteiger partial charge in [0.15, 0.2) is 18.5 Å². The summed E-state index contributed by atoms with van der Waals surface area (Å²) in [4.78, 5) is 45.9. The fourth-order valence-corrected chi connectivity index (χ4v) is 3.68. The maximum Gasteiger partial charge on any atom is 0.343 e. The smallest absolute Gasteiger partial charge is 0.343 e. The molecule has 1 fully saturated rings. The number of carboxylic acid groups (broad SMARTS) is 2. The first-order chi connectivity index (χ1) is 18.8. The van der Waals surface area contributed by atoms with Gasteiger partial charge in [0.25, 0.3) is 0 Å². The number of hydrogen-bond donors (Lipinski definition) is 2. The number of carboxylic acids is 2. The second kappa shape index (κ2) is 14.6. The monoisotopic (exact) mass is 542 g/mol. The van der Waals surface area contributed by atoms with Crippen molar-refractivity contribution < 1.29 is 53.1 Å². The van der Waals surface area contributed by atoms with Crippen molar-refractivity contribution >= 4 is 23.9 Å². The van der Waals surface area contributed by atoms with E-state index < -0.39 is 42.4 Å². The lowest BCUT2D eigenvalue weighted by Crippen LogP contribution is -2.36. The summed E-state index contributed by atoms with van der Waals surface area (Å²) in [5.41, 5.74) is 0.694. The number of esters is 2. The highest BCUT2D eigenvalue weighted by Crippen LogP contribution is 2.32. The maximum atomic E-state index is 12.5.